The van der Waals surface area contributed by atoms with E-state index in [-0.39, 0.29) is 6.09 Å². The second kappa shape index (κ2) is 6.65. The van der Waals surface area contributed by atoms with E-state index in [1.165, 1.54) is 12.8 Å². The molecule has 0 spiro atoms. The fraction of sp³-hybridized carbons (Fsp3) is 0.900. The van der Waals surface area contributed by atoms with Gasteiger partial charge in [-0.25, -0.2) is 4.79 Å². The number of ether oxygens (including phenoxy) is 1. The maximum Gasteiger partial charge on any atom is 0.407 e. The van der Waals surface area contributed by atoms with Crippen molar-refractivity contribution in [2.45, 2.75) is 38.6 Å². The maximum absolute atomic E-state index is 11.1. The highest BCUT2D eigenvalue weighted by atomic mass is 16.5. The number of amides is 1. The number of piperidine rings is 1. The summed E-state index contributed by atoms with van der Waals surface area (Å²) in [5, 5.41) is 6.01. The first-order valence-corrected chi connectivity index (χ1v) is 5.47. The molecule has 2 N–H and O–H groups in total. The largest absolute Gasteiger partial charge is 0.448 e. The number of nitrogens with one attached hydrogen (secondary N) is 2. The van der Waals surface area contributed by atoms with Gasteiger partial charge >= 0.3 is 6.09 Å². The van der Waals surface area contributed by atoms with E-state index >= 15 is 0 Å². The number of hydrogen-bond donors (Lipinski definition) is 2. The molecule has 0 aliphatic carbocycles. The van der Waals surface area contributed by atoms with Gasteiger partial charge in [0.25, 0.3) is 0 Å². The lowest BCUT2D eigenvalue weighted by atomic mass is 10.1. The predicted octanol–water partition coefficient (Wildman–Crippen LogP) is 1.26. The van der Waals surface area contributed by atoms with Crippen molar-refractivity contribution < 1.29 is 9.53 Å². The molecule has 4 nitrogen and oxygen atoms in total. The van der Waals surface area contributed by atoms with Gasteiger partial charge in [0.05, 0.1) is 0 Å². The maximum atomic E-state index is 11.1. The predicted molar refractivity (Wildman–Crippen MR) is 55.3 cm³/mol. The van der Waals surface area contributed by atoms with Crippen LogP contribution in [-0.4, -0.2) is 31.8 Å². The second-order valence-electron chi connectivity index (χ2n) is 3.67. The van der Waals surface area contributed by atoms with E-state index in [2.05, 4.69) is 10.6 Å². The smallest absolute Gasteiger partial charge is 0.407 e. The first-order valence-electron chi connectivity index (χ1n) is 5.47. The van der Waals surface area contributed by atoms with Gasteiger partial charge in [0.1, 0.15) is 6.61 Å². The van der Waals surface area contributed by atoms with E-state index in [1.54, 1.807) is 0 Å². The van der Waals surface area contributed by atoms with Gasteiger partial charge in [0.2, 0.25) is 0 Å². The molecule has 1 atom stereocenters. The van der Waals surface area contributed by atoms with Crippen molar-refractivity contribution in [1.29, 1.82) is 0 Å². The molecular formula is C10H20N2O2. The summed E-state index contributed by atoms with van der Waals surface area (Å²) >= 11 is 0. The van der Waals surface area contributed by atoms with E-state index < -0.39 is 0 Å². The van der Waals surface area contributed by atoms with Gasteiger partial charge in [0.15, 0.2) is 0 Å². The van der Waals surface area contributed by atoms with Gasteiger partial charge in [-0.3, -0.25) is 0 Å². The average Bonchev–Trinajstić information content (AvgIpc) is 2.25. The highest BCUT2D eigenvalue weighted by molar-refractivity contribution is 5.67. The fourth-order valence-corrected chi connectivity index (χ4v) is 1.52. The lowest BCUT2D eigenvalue weighted by molar-refractivity contribution is 0.128. The van der Waals surface area contributed by atoms with Crippen molar-refractivity contribution in [3.63, 3.8) is 0 Å². The summed E-state index contributed by atoms with van der Waals surface area (Å²) in [5.41, 5.74) is 0. The van der Waals surface area contributed by atoms with Crippen LogP contribution in [0, 0.1) is 0 Å². The molecule has 1 aliphatic rings. The zero-order chi connectivity index (χ0) is 10.2. The summed E-state index contributed by atoms with van der Waals surface area (Å²) in [5.74, 6) is 0. The van der Waals surface area contributed by atoms with Gasteiger partial charge in [-0.2, -0.15) is 0 Å². The van der Waals surface area contributed by atoms with Gasteiger partial charge in [-0.1, -0.05) is 13.3 Å². The summed E-state index contributed by atoms with van der Waals surface area (Å²) in [6, 6.07) is 0.358. The number of carbonyl (C=O) groups excluding carboxylic acids is 1. The summed E-state index contributed by atoms with van der Waals surface area (Å²) in [4.78, 5) is 11.1. The van der Waals surface area contributed by atoms with Crippen LogP contribution in [0.15, 0.2) is 0 Å². The Morgan fingerprint density at radius 1 is 1.57 bits per heavy atom. The van der Waals surface area contributed by atoms with Crippen LogP contribution in [0.1, 0.15) is 32.6 Å². The van der Waals surface area contributed by atoms with Crippen molar-refractivity contribution >= 4 is 6.09 Å². The molecule has 1 saturated heterocycles. The first-order chi connectivity index (χ1) is 6.83. The number of rotatable bonds is 4. The third-order valence-electron chi connectivity index (χ3n) is 2.35. The van der Waals surface area contributed by atoms with Gasteiger partial charge in [0, 0.05) is 12.6 Å². The Balaban J connectivity index is 2.03. The van der Waals surface area contributed by atoms with Crippen LogP contribution in [0.2, 0.25) is 0 Å². The molecule has 1 aliphatic heterocycles. The molecule has 0 saturated carbocycles. The zero-order valence-corrected chi connectivity index (χ0v) is 8.84. The van der Waals surface area contributed by atoms with Crippen LogP contribution in [0.5, 0.6) is 0 Å². The number of carbonyl (C=O) groups is 1. The minimum atomic E-state index is -0.292. The van der Waals surface area contributed by atoms with Crippen LogP contribution in [-0.2, 0) is 4.74 Å². The topological polar surface area (TPSA) is 50.4 Å². The molecule has 1 amide bonds. The Morgan fingerprint density at radius 3 is 3.07 bits per heavy atom. The van der Waals surface area contributed by atoms with Crippen LogP contribution in [0.4, 0.5) is 4.79 Å². The highest BCUT2D eigenvalue weighted by Crippen LogP contribution is 2.06. The highest BCUT2D eigenvalue weighted by Gasteiger charge is 2.13. The minimum Gasteiger partial charge on any atom is -0.448 e. The van der Waals surface area contributed by atoms with Gasteiger partial charge < -0.3 is 15.4 Å². The van der Waals surface area contributed by atoms with Crippen LogP contribution < -0.4 is 10.6 Å². The zero-order valence-electron chi connectivity index (χ0n) is 8.84. The summed E-state index contributed by atoms with van der Waals surface area (Å²) in [7, 11) is 0. The normalized spacial score (nSPS) is 21.6. The lowest BCUT2D eigenvalue weighted by Gasteiger charge is -2.22. The first kappa shape index (κ1) is 11.3. The SMILES string of the molecule is CCCNC(=O)OC[C@H]1CCCCN1. The third kappa shape index (κ3) is 4.46. The van der Waals surface area contributed by atoms with Gasteiger partial charge in [-0.15, -0.1) is 0 Å². The van der Waals surface area contributed by atoms with E-state index in [9.17, 15) is 4.79 Å². The standard InChI is InChI=1S/C10H20N2O2/c1-2-6-12-10(13)14-8-9-5-3-4-7-11-9/h9,11H,2-8H2,1H3,(H,12,13)/t9-/m1/s1. The Morgan fingerprint density at radius 2 is 2.43 bits per heavy atom. The minimum absolute atomic E-state index is 0.292. The average molecular weight is 200 g/mol. The Hall–Kier alpha value is -0.770. The lowest BCUT2D eigenvalue weighted by Crippen LogP contribution is -2.39. The quantitative estimate of drug-likeness (QED) is 0.718. The van der Waals surface area contributed by atoms with Gasteiger partial charge in [-0.05, 0) is 25.8 Å². The molecule has 82 valence electrons. The molecule has 0 aromatic rings. The van der Waals surface area contributed by atoms with Crippen LogP contribution >= 0.6 is 0 Å². The monoisotopic (exact) mass is 200 g/mol. The van der Waals surface area contributed by atoms with E-state index in [0.717, 1.165) is 19.4 Å². The van der Waals surface area contributed by atoms with Crippen molar-refractivity contribution in [1.82, 2.24) is 10.6 Å². The molecule has 1 rings (SSSR count). The van der Waals surface area contributed by atoms with E-state index in [1.807, 2.05) is 6.92 Å². The van der Waals surface area contributed by atoms with Crippen LogP contribution in [0.3, 0.4) is 0 Å². The summed E-state index contributed by atoms with van der Waals surface area (Å²) < 4.78 is 5.07. The van der Waals surface area contributed by atoms with E-state index in [0.29, 0.717) is 19.2 Å². The molecule has 0 radical (unpaired) electrons. The molecule has 0 aromatic heterocycles. The molecule has 4 heteroatoms. The number of hydrogen-bond acceptors (Lipinski definition) is 3. The molecule has 1 heterocycles. The molecule has 0 aromatic carbocycles. The molecule has 1 fully saturated rings. The van der Waals surface area contributed by atoms with Crippen molar-refractivity contribution in [3.05, 3.63) is 0 Å². The Bertz CT molecular complexity index is 168. The van der Waals surface area contributed by atoms with E-state index in [4.69, 9.17) is 4.74 Å². The van der Waals surface area contributed by atoms with Crippen molar-refractivity contribution in [2.24, 2.45) is 0 Å². The Labute approximate surface area is 85.4 Å². The molecule has 0 bridgehead atoms. The molecular weight excluding hydrogens is 180 g/mol. The summed E-state index contributed by atoms with van der Waals surface area (Å²) in [6.45, 7) is 4.25. The summed E-state index contributed by atoms with van der Waals surface area (Å²) in [6.07, 6.45) is 4.23. The second-order valence-corrected chi connectivity index (χ2v) is 3.67. The number of alkyl carbamates (subject to hydrolysis) is 1. The third-order valence-corrected chi connectivity index (χ3v) is 2.35. The van der Waals surface area contributed by atoms with Crippen LogP contribution in [0.25, 0.3) is 0 Å². The molecule has 0 unspecified atom stereocenters. The molecule has 14 heavy (non-hydrogen) atoms. The fourth-order valence-electron chi connectivity index (χ4n) is 1.52. The Kier molecular flexibility index (Phi) is 5.37. The van der Waals surface area contributed by atoms with Crippen molar-refractivity contribution in [2.75, 3.05) is 19.7 Å². The van der Waals surface area contributed by atoms with Crippen molar-refractivity contribution in [3.8, 4) is 0 Å².